The zero-order valence-corrected chi connectivity index (χ0v) is 17.5. The van der Waals surface area contributed by atoms with E-state index in [0.29, 0.717) is 18.4 Å². The van der Waals surface area contributed by atoms with Crippen LogP contribution in [0, 0.1) is 3.57 Å². The lowest BCUT2D eigenvalue weighted by Gasteiger charge is -2.33. The van der Waals surface area contributed by atoms with Crippen molar-refractivity contribution < 1.29 is 23.1 Å². The van der Waals surface area contributed by atoms with E-state index in [1.165, 1.54) is 0 Å². The van der Waals surface area contributed by atoms with Crippen LogP contribution < -0.4 is 11.1 Å². The molecule has 9 heteroatoms. The molecule has 0 bridgehead atoms. The Hall–Kier alpha value is -1.33. The van der Waals surface area contributed by atoms with E-state index in [9.17, 15) is 23.1 Å². The molecule has 2 aromatic rings. The Morgan fingerprint density at radius 1 is 1.32 bits per heavy atom. The summed E-state index contributed by atoms with van der Waals surface area (Å²) >= 11 is 2.15. The van der Waals surface area contributed by atoms with Crippen LogP contribution in [0.15, 0.2) is 24.4 Å². The molecule has 1 atom stereocenters. The van der Waals surface area contributed by atoms with Crippen LogP contribution in [0.4, 0.5) is 13.2 Å². The van der Waals surface area contributed by atoms with Gasteiger partial charge in [-0.1, -0.05) is 0 Å². The second-order valence-corrected chi connectivity index (χ2v) is 8.88. The first kappa shape index (κ1) is 21.4. The Morgan fingerprint density at radius 2 is 1.96 bits per heavy atom. The Labute approximate surface area is 174 Å². The number of nitrogens with zero attached hydrogens (tertiary/aromatic N) is 1. The number of carbonyl (C=O) groups is 1. The summed E-state index contributed by atoms with van der Waals surface area (Å²) in [5.41, 5.74) is 4.11. The average molecular weight is 509 g/mol. The average Bonchev–Trinajstić information content (AvgIpc) is 3.02. The van der Waals surface area contributed by atoms with Gasteiger partial charge in [0.25, 0.3) is 5.91 Å². The highest BCUT2D eigenvalue weighted by molar-refractivity contribution is 14.1. The minimum atomic E-state index is -4.66. The maximum atomic E-state index is 12.8. The standard InChI is InChI=1S/C19H23F3IN3O2/c1-18(28,19(20,21)22)10-25-13-2-4-14(5-3-13)26-7-6-11-8-12(23)9-15(16(11)26)17(24)27/h6-9,13-14,25,28H,2-5,10H2,1H3,(H2,24,27). The number of rotatable bonds is 5. The predicted molar refractivity (Wildman–Crippen MR) is 109 cm³/mol. The molecule has 1 unspecified atom stereocenters. The number of hydrogen-bond donors (Lipinski definition) is 3. The van der Waals surface area contributed by atoms with Crippen LogP contribution in [0.5, 0.6) is 0 Å². The summed E-state index contributed by atoms with van der Waals surface area (Å²) in [6.45, 7) is 0.257. The van der Waals surface area contributed by atoms with E-state index in [1.54, 1.807) is 6.07 Å². The summed E-state index contributed by atoms with van der Waals surface area (Å²) in [6.07, 6.45) is 0.187. The van der Waals surface area contributed by atoms with Crippen molar-refractivity contribution in [2.24, 2.45) is 5.73 Å². The van der Waals surface area contributed by atoms with E-state index in [1.807, 2.05) is 18.3 Å². The van der Waals surface area contributed by atoms with Gasteiger partial charge in [0.15, 0.2) is 5.60 Å². The molecule has 0 saturated heterocycles. The van der Waals surface area contributed by atoms with Crippen molar-refractivity contribution >= 4 is 39.4 Å². The molecule has 5 nitrogen and oxygen atoms in total. The number of benzene rings is 1. The van der Waals surface area contributed by atoms with E-state index < -0.39 is 24.2 Å². The van der Waals surface area contributed by atoms with Gasteiger partial charge in [-0.15, -0.1) is 0 Å². The molecule has 154 valence electrons. The second kappa shape index (κ2) is 7.83. The monoisotopic (exact) mass is 509 g/mol. The number of amides is 1. The maximum absolute atomic E-state index is 12.8. The fourth-order valence-electron chi connectivity index (χ4n) is 3.76. The third kappa shape index (κ3) is 4.30. The number of aliphatic hydroxyl groups is 1. The minimum absolute atomic E-state index is 0.0801. The van der Waals surface area contributed by atoms with E-state index in [2.05, 4.69) is 32.5 Å². The van der Waals surface area contributed by atoms with Gasteiger partial charge in [-0.2, -0.15) is 13.2 Å². The Kier molecular flexibility index (Phi) is 5.98. The van der Waals surface area contributed by atoms with Crippen LogP contribution in [0.25, 0.3) is 10.9 Å². The SMILES string of the molecule is CC(O)(CNC1CCC(n2ccc3cc(I)cc(C(N)=O)c32)CC1)C(F)(F)F. The van der Waals surface area contributed by atoms with E-state index in [-0.39, 0.29) is 12.1 Å². The van der Waals surface area contributed by atoms with Crippen molar-refractivity contribution in [2.75, 3.05) is 6.54 Å². The number of hydrogen-bond acceptors (Lipinski definition) is 3. The second-order valence-electron chi connectivity index (χ2n) is 7.64. The lowest BCUT2D eigenvalue weighted by Crippen LogP contribution is -2.52. The molecule has 1 heterocycles. The van der Waals surface area contributed by atoms with Gasteiger partial charge in [0.05, 0.1) is 11.1 Å². The van der Waals surface area contributed by atoms with Crippen molar-refractivity contribution in [3.8, 4) is 0 Å². The van der Waals surface area contributed by atoms with Gasteiger partial charge in [-0.25, -0.2) is 0 Å². The summed E-state index contributed by atoms with van der Waals surface area (Å²) in [7, 11) is 0. The molecule has 1 aliphatic carbocycles. The number of nitrogens with two attached hydrogens (primary N) is 1. The number of alkyl halides is 3. The van der Waals surface area contributed by atoms with Crippen molar-refractivity contribution in [3.05, 3.63) is 33.5 Å². The fraction of sp³-hybridized carbons (Fsp3) is 0.526. The molecule has 1 aliphatic rings. The first-order chi connectivity index (χ1) is 13.0. The van der Waals surface area contributed by atoms with Crippen LogP contribution in [0.3, 0.4) is 0 Å². The van der Waals surface area contributed by atoms with Gasteiger partial charge < -0.3 is 20.7 Å². The summed E-state index contributed by atoms with van der Waals surface area (Å²) in [5.74, 6) is -0.479. The molecule has 28 heavy (non-hydrogen) atoms. The lowest BCUT2D eigenvalue weighted by atomic mass is 9.90. The smallest absolute Gasteiger partial charge is 0.380 e. The highest BCUT2D eigenvalue weighted by atomic mass is 127. The van der Waals surface area contributed by atoms with E-state index in [4.69, 9.17) is 5.73 Å². The number of nitrogens with one attached hydrogen (secondary N) is 1. The quantitative estimate of drug-likeness (QED) is 0.538. The van der Waals surface area contributed by atoms with Gasteiger partial charge in [0, 0.05) is 33.8 Å². The van der Waals surface area contributed by atoms with Crippen LogP contribution in [0.2, 0.25) is 0 Å². The molecule has 0 aliphatic heterocycles. The Morgan fingerprint density at radius 3 is 2.54 bits per heavy atom. The third-order valence-electron chi connectivity index (χ3n) is 5.48. The minimum Gasteiger partial charge on any atom is -0.380 e. The molecule has 0 radical (unpaired) electrons. The van der Waals surface area contributed by atoms with Gasteiger partial charge in [-0.3, -0.25) is 4.79 Å². The highest BCUT2D eigenvalue weighted by Gasteiger charge is 2.49. The first-order valence-corrected chi connectivity index (χ1v) is 10.2. The maximum Gasteiger partial charge on any atom is 0.418 e. The molecule has 3 rings (SSSR count). The van der Waals surface area contributed by atoms with Crippen LogP contribution in [0.1, 0.15) is 49.0 Å². The summed E-state index contributed by atoms with van der Waals surface area (Å²) in [4.78, 5) is 11.9. The molecule has 1 aromatic heterocycles. The topological polar surface area (TPSA) is 80.3 Å². The Balaban J connectivity index is 1.70. The summed E-state index contributed by atoms with van der Waals surface area (Å²) in [6, 6.07) is 5.79. The van der Waals surface area contributed by atoms with Crippen molar-refractivity contribution in [1.82, 2.24) is 9.88 Å². The van der Waals surface area contributed by atoms with Crippen LogP contribution in [-0.2, 0) is 0 Å². The molecule has 0 spiro atoms. The molecular formula is C19H23F3IN3O2. The molecule has 1 fully saturated rings. The molecular weight excluding hydrogens is 486 g/mol. The normalized spacial score (nSPS) is 22.9. The van der Waals surface area contributed by atoms with Gasteiger partial charge in [0.1, 0.15) is 0 Å². The van der Waals surface area contributed by atoms with Crippen molar-refractivity contribution in [2.45, 2.75) is 56.5 Å². The van der Waals surface area contributed by atoms with Gasteiger partial charge in [0.2, 0.25) is 0 Å². The molecule has 1 aromatic carbocycles. The number of aromatic nitrogens is 1. The Bertz CT molecular complexity index is 871. The van der Waals surface area contributed by atoms with Crippen LogP contribution in [-0.4, -0.2) is 39.9 Å². The van der Waals surface area contributed by atoms with Gasteiger partial charge >= 0.3 is 6.18 Å². The number of fused-ring (bicyclic) bond motifs is 1. The zero-order valence-electron chi connectivity index (χ0n) is 15.4. The molecule has 4 N–H and O–H groups in total. The largest absolute Gasteiger partial charge is 0.418 e. The number of primary amides is 1. The first-order valence-electron chi connectivity index (χ1n) is 9.12. The van der Waals surface area contributed by atoms with Crippen molar-refractivity contribution in [1.29, 1.82) is 0 Å². The van der Waals surface area contributed by atoms with Crippen LogP contribution >= 0.6 is 22.6 Å². The van der Waals surface area contributed by atoms with Gasteiger partial charge in [-0.05, 0) is 73.4 Å². The summed E-state index contributed by atoms with van der Waals surface area (Å²) in [5, 5.41) is 13.4. The van der Waals surface area contributed by atoms with E-state index in [0.717, 1.165) is 34.2 Å². The fourth-order valence-corrected chi connectivity index (χ4v) is 4.41. The lowest BCUT2D eigenvalue weighted by molar-refractivity contribution is -0.250. The highest BCUT2D eigenvalue weighted by Crippen LogP contribution is 2.35. The number of carbonyl (C=O) groups excluding carboxylic acids is 1. The molecule has 1 amide bonds. The summed E-state index contributed by atoms with van der Waals surface area (Å²) < 4.78 is 41.3. The van der Waals surface area contributed by atoms with E-state index >= 15 is 0 Å². The number of halogens is 4. The third-order valence-corrected chi connectivity index (χ3v) is 6.10. The zero-order chi connectivity index (χ0) is 20.7. The predicted octanol–water partition coefficient (Wildman–Crippen LogP) is 3.73. The van der Waals surface area contributed by atoms with Crippen molar-refractivity contribution in [3.63, 3.8) is 0 Å². The molecule has 1 saturated carbocycles.